The van der Waals surface area contributed by atoms with Gasteiger partial charge in [0.05, 0.1) is 56.8 Å². The Kier molecular flexibility index (Phi) is 67.7. The van der Waals surface area contributed by atoms with E-state index in [1.54, 1.807) is 27.7 Å². The predicted octanol–water partition coefficient (Wildman–Crippen LogP) is -5.86. The summed E-state index contributed by atoms with van der Waals surface area (Å²) < 4.78 is 0. The third-order valence-electron chi connectivity index (χ3n) is 20.9. The van der Waals surface area contributed by atoms with Gasteiger partial charge in [-0.25, -0.2) is 0 Å². The number of nitrogens with two attached hydrogens (primary N) is 11. The van der Waals surface area contributed by atoms with Gasteiger partial charge in [0.1, 0.15) is 30.2 Å². The SMILES string of the molecule is CCC(=O)N(CCNC(=O)CN(CCNC(=O)[C@@H](N)CCCCN)C(=O)CC)CC(=O)NCCN(CC(=O)NCCN(CC(=O)N[C@@H](CCCCN)C(=O)CC(=O)[C@@H](CCCCN)NC(=O)[C@@H](CCCCN)NC(=O)[C@@H](CCCCN)NC(=O)[C@@H](CCCCN)NC(=O)[C@@H](CCCCN)NC(=O)[C@@H](CCCCN)NC(=O)[C@H](N)CCCCN)C(=O)CC)C(=O)CC. The summed E-state index contributed by atoms with van der Waals surface area (Å²) in [4.78, 5) is 238. The van der Waals surface area contributed by atoms with E-state index in [-0.39, 0.29) is 175 Å². The molecular formula is C83H160N26O17. The lowest BCUT2D eigenvalue weighted by atomic mass is 9.95. The fraction of sp³-hybridized carbons (Fsp3) is 0.795. The third-order valence-corrected chi connectivity index (χ3v) is 20.9. The first-order valence-corrected chi connectivity index (χ1v) is 45.6. The summed E-state index contributed by atoms with van der Waals surface area (Å²) in [5.41, 5.74) is 64.3. The Morgan fingerprint density at radius 3 is 0.675 bits per heavy atom. The number of unbranched alkanes of at least 4 members (excludes halogenated alkanes) is 9. The lowest BCUT2D eigenvalue weighted by Gasteiger charge is -2.28. The van der Waals surface area contributed by atoms with E-state index >= 15 is 0 Å². The normalized spacial score (nSPS) is 13.2. The largest absolute Gasteiger partial charge is 0.353 e. The summed E-state index contributed by atoms with van der Waals surface area (Å²) in [7, 11) is 0. The molecule has 0 rings (SSSR count). The molecule has 0 spiro atoms. The van der Waals surface area contributed by atoms with Crippen molar-refractivity contribution in [3.8, 4) is 0 Å². The van der Waals surface area contributed by atoms with Crippen molar-refractivity contribution in [2.75, 3.05) is 137 Å². The first-order valence-electron chi connectivity index (χ1n) is 45.6. The zero-order valence-electron chi connectivity index (χ0n) is 75.8. The molecule has 0 aliphatic carbocycles. The summed E-state index contributed by atoms with van der Waals surface area (Å²) in [6, 6.07) is -10.6. The monoisotopic (exact) mass is 1790 g/mol. The van der Waals surface area contributed by atoms with Crippen LogP contribution in [0.2, 0.25) is 0 Å². The molecule has 0 aromatic carbocycles. The maximum atomic E-state index is 14.7. The number of ketones is 2. The molecule has 0 aliphatic heterocycles. The second-order valence-electron chi connectivity index (χ2n) is 31.4. The molecule has 33 N–H and O–H groups in total. The maximum absolute atomic E-state index is 14.7. The van der Waals surface area contributed by atoms with Crippen LogP contribution in [0.3, 0.4) is 0 Å². The van der Waals surface area contributed by atoms with E-state index in [0.29, 0.717) is 142 Å². The lowest BCUT2D eigenvalue weighted by molar-refractivity contribution is -0.138. The highest BCUT2D eigenvalue weighted by Gasteiger charge is 2.36. The van der Waals surface area contributed by atoms with Crippen molar-refractivity contribution in [3.05, 3.63) is 0 Å². The molecule has 126 heavy (non-hydrogen) atoms. The van der Waals surface area contributed by atoms with E-state index in [2.05, 4.69) is 58.5 Å². The summed E-state index contributed by atoms with van der Waals surface area (Å²) in [6.45, 7) is 6.44. The van der Waals surface area contributed by atoms with Gasteiger partial charge < -0.3 is 141 Å². The number of Topliss-reactive ketones (excluding diaryl/α,β-unsaturated/α-hetero) is 2. The van der Waals surface area contributed by atoms with Gasteiger partial charge in [-0.15, -0.1) is 0 Å². The van der Waals surface area contributed by atoms with Crippen molar-refractivity contribution in [2.24, 2.45) is 63.1 Å². The number of carbonyl (C=O) groups excluding carboxylic acids is 17. The molecule has 0 fully saturated rings. The van der Waals surface area contributed by atoms with Gasteiger partial charge in [-0.3, -0.25) is 81.5 Å². The van der Waals surface area contributed by atoms with Crippen LogP contribution in [-0.4, -0.2) is 312 Å². The van der Waals surface area contributed by atoms with Crippen molar-refractivity contribution >= 4 is 100 Å². The first-order chi connectivity index (χ1) is 60.4. The summed E-state index contributed by atoms with van der Waals surface area (Å²) in [5, 5.41) is 30.0. The number of hydrogen-bond acceptors (Lipinski definition) is 28. The zero-order chi connectivity index (χ0) is 94.6. The van der Waals surface area contributed by atoms with Crippen molar-refractivity contribution in [1.29, 1.82) is 0 Å². The Labute approximate surface area is 744 Å². The first kappa shape index (κ1) is 117. The van der Waals surface area contributed by atoms with Gasteiger partial charge in [0.25, 0.3) is 0 Å². The molecule has 0 aromatic rings. The predicted molar refractivity (Wildman–Crippen MR) is 480 cm³/mol. The van der Waals surface area contributed by atoms with E-state index in [1.165, 1.54) is 14.7 Å². The third kappa shape index (κ3) is 52.9. The van der Waals surface area contributed by atoms with Crippen LogP contribution in [0.1, 0.15) is 233 Å². The van der Waals surface area contributed by atoms with Gasteiger partial charge >= 0.3 is 0 Å². The van der Waals surface area contributed by atoms with Crippen molar-refractivity contribution < 1.29 is 81.5 Å². The molecule has 43 nitrogen and oxygen atoms in total. The van der Waals surface area contributed by atoms with E-state index in [1.807, 2.05) is 0 Å². The van der Waals surface area contributed by atoms with E-state index in [0.717, 1.165) is 11.3 Å². The van der Waals surface area contributed by atoms with Crippen LogP contribution in [0.25, 0.3) is 0 Å². The van der Waals surface area contributed by atoms with Crippen LogP contribution in [0.4, 0.5) is 0 Å². The van der Waals surface area contributed by atoms with Crippen molar-refractivity contribution in [3.63, 3.8) is 0 Å². The lowest BCUT2D eigenvalue weighted by Crippen LogP contribution is -2.59. The molecule has 724 valence electrons. The highest BCUT2D eigenvalue weighted by atomic mass is 16.2. The van der Waals surface area contributed by atoms with Crippen LogP contribution in [0, 0.1) is 0 Å². The summed E-state index contributed by atoms with van der Waals surface area (Å²) >= 11 is 0. The molecule has 43 heteroatoms. The number of nitrogens with one attached hydrogen (secondary N) is 11. The van der Waals surface area contributed by atoms with Crippen molar-refractivity contribution in [1.82, 2.24) is 78.1 Å². The fourth-order valence-electron chi connectivity index (χ4n) is 13.4. The second kappa shape index (κ2) is 72.9. The van der Waals surface area contributed by atoms with Crippen LogP contribution in [0.5, 0.6) is 0 Å². The number of hydrogen-bond donors (Lipinski definition) is 22. The average Bonchev–Trinajstić information content (AvgIpc) is 0.897. The molecule has 0 radical (unpaired) electrons. The molecule has 9 atom stereocenters. The molecular weight excluding hydrogens is 1630 g/mol. The number of amides is 15. The smallest absolute Gasteiger partial charge is 0.243 e. The zero-order valence-corrected chi connectivity index (χ0v) is 75.8. The van der Waals surface area contributed by atoms with Crippen LogP contribution in [0.15, 0.2) is 0 Å². The Morgan fingerprint density at radius 1 is 0.230 bits per heavy atom. The van der Waals surface area contributed by atoms with Gasteiger partial charge in [-0.2, -0.15) is 0 Å². The Hall–Kier alpha value is -9.05. The van der Waals surface area contributed by atoms with Crippen LogP contribution < -0.4 is 122 Å². The Morgan fingerprint density at radius 2 is 0.429 bits per heavy atom. The maximum Gasteiger partial charge on any atom is 0.243 e. The quantitative estimate of drug-likeness (QED) is 0.0199. The van der Waals surface area contributed by atoms with Gasteiger partial charge in [0.15, 0.2) is 11.6 Å². The minimum Gasteiger partial charge on any atom is -0.353 e. The number of carbonyl (C=O) groups is 17. The second-order valence-corrected chi connectivity index (χ2v) is 31.4. The molecule has 0 bridgehead atoms. The van der Waals surface area contributed by atoms with Gasteiger partial charge in [-0.05, 0) is 219 Å². The summed E-state index contributed by atoms with van der Waals surface area (Å²) in [6.07, 6.45) is 8.62. The van der Waals surface area contributed by atoms with E-state index < -0.39 is 175 Å². The molecule has 0 aromatic heterocycles. The molecule has 0 unspecified atom stereocenters. The molecule has 15 amide bonds. The molecule has 0 heterocycles. The average molecular weight is 1790 g/mol. The Bertz CT molecular complexity index is 3240. The van der Waals surface area contributed by atoms with Gasteiger partial charge in [-0.1, -0.05) is 40.5 Å². The van der Waals surface area contributed by atoms with Gasteiger partial charge in [0.2, 0.25) is 88.6 Å². The summed E-state index contributed by atoms with van der Waals surface area (Å²) in [5.74, 6) is -10.5. The molecule has 0 saturated carbocycles. The number of nitrogens with zero attached hydrogens (tertiary/aromatic N) is 4. The fourth-order valence-corrected chi connectivity index (χ4v) is 13.4. The molecule has 0 aliphatic rings. The Balaban J connectivity index is 6.58. The minimum atomic E-state index is -1.34. The van der Waals surface area contributed by atoms with Crippen molar-refractivity contribution in [2.45, 2.75) is 288 Å². The number of rotatable bonds is 78. The van der Waals surface area contributed by atoms with E-state index in [4.69, 9.17) is 63.1 Å². The van der Waals surface area contributed by atoms with Gasteiger partial charge in [0, 0.05) is 78.0 Å². The van der Waals surface area contributed by atoms with E-state index in [9.17, 15) is 81.5 Å². The highest BCUT2D eigenvalue weighted by molar-refractivity contribution is 6.06. The minimum absolute atomic E-state index is 0.00481. The highest BCUT2D eigenvalue weighted by Crippen LogP contribution is 2.16. The molecule has 0 saturated heterocycles. The standard InChI is InChI=1S/C83H160N26O17/c1-5-73(116)106(50-46-96-71(114)56-108(75(118)7-3)52-48-98-77(120)58(93)27-9-18-36-84)54-69(112)95-45-49-107(74(117)6-2)55-70(113)97-47-51-109(76(119)8-4)57-72(115)99-60(29-11-20-38-86)67(110)53-68(111)61(30-12-21-39-87)100-79(122)63(32-14-23-41-89)102-81(124)65(34-16-25-43-91)104-83(126)66(35-17-26-44-92)105-82(125)64(33-15-24-42-90)103-80(123)62(31-13-22-40-88)101-78(121)59(94)28-10-19-37-85/h58-66H,5-57,84-94H2,1-4H3,(H,95,112)(H,96,114)(H,97,113)(H,98,120)(H,99,115)(H,100,122)(H,101,121)(H,102,124)(H,103,123)(H,104,126)(H,105,125)/t58-,59+,60-,61+,62+,63+,64+,65+,66+/m0/s1. The topological polar surface area (TPSA) is 722 Å². The van der Waals surface area contributed by atoms with Crippen LogP contribution >= 0.6 is 0 Å². The van der Waals surface area contributed by atoms with Crippen LogP contribution in [-0.2, 0) is 81.5 Å².